The molecule has 0 N–H and O–H groups in total. The number of piperazine rings is 1. The molecule has 196 valence electrons. The zero-order valence-electron chi connectivity index (χ0n) is 24.4. The van der Waals surface area contributed by atoms with E-state index in [1.165, 1.54) is 58.5 Å². The van der Waals surface area contributed by atoms with E-state index in [-0.39, 0.29) is 22.1 Å². The van der Waals surface area contributed by atoms with Gasteiger partial charge in [-0.15, -0.1) is 0 Å². The maximum Gasteiger partial charge on any atom is 0.0632 e. The van der Waals surface area contributed by atoms with Crippen molar-refractivity contribution in [1.82, 2.24) is 14.7 Å². The number of likely N-dealkylation sites (tertiary alicyclic amines) is 1. The number of nitrogens with zero attached hydrogens (tertiary/aromatic N) is 3. The van der Waals surface area contributed by atoms with E-state index in [9.17, 15) is 0 Å². The van der Waals surface area contributed by atoms with Gasteiger partial charge < -0.3 is 4.74 Å². The predicted octanol–water partition coefficient (Wildman–Crippen LogP) is 6.29. The van der Waals surface area contributed by atoms with Gasteiger partial charge in [0.05, 0.1) is 5.60 Å². The minimum absolute atomic E-state index is 0.119. The average molecular weight is 466 g/mol. The van der Waals surface area contributed by atoms with Gasteiger partial charge in [0.1, 0.15) is 0 Å². The number of rotatable bonds is 11. The Hall–Kier alpha value is -0.160. The summed E-state index contributed by atoms with van der Waals surface area (Å²) in [5.41, 5.74) is 0.402. The molecule has 2 aliphatic heterocycles. The lowest BCUT2D eigenvalue weighted by molar-refractivity contribution is -0.0971. The van der Waals surface area contributed by atoms with Crippen molar-refractivity contribution in [2.75, 3.05) is 45.9 Å². The van der Waals surface area contributed by atoms with Gasteiger partial charge in [-0.25, -0.2) is 0 Å². The third-order valence-corrected chi connectivity index (χ3v) is 9.61. The molecule has 0 atom stereocenters. The topological polar surface area (TPSA) is 19.0 Å². The van der Waals surface area contributed by atoms with Crippen molar-refractivity contribution in [3.05, 3.63) is 0 Å². The smallest absolute Gasteiger partial charge is 0.0632 e. The van der Waals surface area contributed by atoms with E-state index < -0.39 is 0 Å². The molecule has 0 saturated carbocycles. The second-order valence-corrected chi connectivity index (χ2v) is 13.7. The van der Waals surface area contributed by atoms with E-state index in [0.717, 1.165) is 25.4 Å². The molecule has 0 aromatic rings. The van der Waals surface area contributed by atoms with E-state index in [1.54, 1.807) is 0 Å². The Kier molecular flexibility index (Phi) is 9.93. The van der Waals surface area contributed by atoms with Crippen molar-refractivity contribution in [2.45, 2.75) is 131 Å². The maximum absolute atomic E-state index is 6.61. The molecule has 4 nitrogen and oxygen atoms in total. The van der Waals surface area contributed by atoms with Crippen molar-refractivity contribution in [2.24, 2.45) is 11.3 Å². The highest BCUT2D eigenvalue weighted by atomic mass is 16.5. The van der Waals surface area contributed by atoms with Crippen LogP contribution in [0.5, 0.6) is 0 Å². The number of piperidine rings is 1. The Morgan fingerprint density at radius 2 is 1.33 bits per heavy atom. The van der Waals surface area contributed by atoms with Crippen LogP contribution in [0.3, 0.4) is 0 Å². The van der Waals surface area contributed by atoms with Gasteiger partial charge in [0.15, 0.2) is 0 Å². The van der Waals surface area contributed by atoms with Gasteiger partial charge >= 0.3 is 0 Å². The molecule has 2 aliphatic rings. The fraction of sp³-hybridized carbons (Fsp3) is 1.00. The van der Waals surface area contributed by atoms with Gasteiger partial charge in [0.2, 0.25) is 0 Å². The summed E-state index contributed by atoms with van der Waals surface area (Å²) < 4.78 is 6.61. The highest BCUT2D eigenvalue weighted by Crippen LogP contribution is 2.43. The van der Waals surface area contributed by atoms with Crippen LogP contribution in [0.4, 0.5) is 0 Å². The largest absolute Gasteiger partial charge is 0.375 e. The SMILES string of the molecule is CCC1CCN(C(C)(C)CCOC(C)(C)CC(C)(C)C(C)(C)N2CCN(C(C)C)CC2)CC1. The Bertz CT molecular complexity index is 580. The third kappa shape index (κ3) is 7.66. The third-order valence-electron chi connectivity index (χ3n) is 9.61. The van der Waals surface area contributed by atoms with E-state index in [1.807, 2.05) is 0 Å². The minimum Gasteiger partial charge on any atom is -0.375 e. The van der Waals surface area contributed by atoms with Gasteiger partial charge in [-0.05, 0) is 105 Å². The highest BCUT2D eigenvalue weighted by Gasteiger charge is 2.45. The lowest BCUT2D eigenvalue weighted by atomic mass is 9.67. The first-order chi connectivity index (χ1) is 15.1. The van der Waals surface area contributed by atoms with E-state index in [2.05, 4.69) is 90.9 Å². The molecular formula is C29H59N3O. The van der Waals surface area contributed by atoms with Gasteiger partial charge in [0.25, 0.3) is 0 Å². The summed E-state index contributed by atoms with van der Waals surface area (Å²) >= 11 is 0. The molecule has 2 fully saturated rings. The maximum atomic E-state index is 6.61. The Morgan fingerprint density at radius 1 is 0.788 bits per heavy atom. The van der Waals surface area contributed by atoms with E-state index in [0.29, 0.717) is 6.04 Å². The second-order valence-electron chi connectivity index (χ2n) is 13.7. The summed E-state index contributed by atoms with van der Waals surface area (Å²) in [6, 6.07) is 0.651. The van der Waals surface area contributed by atoms with Crippen LogP contribution < -0.4 is 0 Å². The molecule has 0 unspecified atom stereocenters. The fourth-order valence-electron chi connectivity index (χ4n) is 6.24. The van der Waals surface area contributed by atoms with Crippen LogP contribution in [0.2, 0.25) is 0 Å². The molecule has 0 aromatic heterocycles. The standard InChI is InChI=1S/C29H59N3O/c1-12-25-13-16-31(17-14-25)27(6,7)15-22-33-28(8,9)23-26(4,5)29(10,11)32-20-18-30(19-21-32)24(2)3/h24-25H,12-23H2,1-11H3. The molecule has 0 amide bonds. The molecule has 0 radical (unpaired) electrons. The van der Waals surface area contributed by atoms with Crippen molar-refractivity contribution in [3.8, 4) is 0 Å². The first-order valence-corrected chi connectivity index (χ1v) is 14.0. The lowest BCUT2D eigenvalue weighted by Crippen LogP contribution is -2.61. The van der Waals surface area contributed by atoms with Crippen molar-refractivity contribution < 1.29 is 4.74 Å². The summed E-state index contributed by atoms with van der Waals surface area (Å²) in [7, 11) is 0. The molecule has 0 bridgehead atoms. The number of hydrogen-bond donors (Lipinski definition) is 0. The van der Waals surface area contributed by atoms with Crippen LogP contribution in [0, 0.1) is 11.3 Å². The monoisotopic (exact) mass is 465 g/mol. The van der Waals surface area contributed by atoms with Crippen LogP contribution in [-0.4, -0.2) is 83.3 Å². The minimum atomic E-state index is -0.119. The summed E-state index contributed by atoms with van der Waals surface area (Å²) in [4.78, 5) is 8.05. The van der Waals surface area contributed by atoms with Crippen molar-refractivity contribution in [1.29, 1.82) is 0 Å². The normalized spacial score (nSPS) is 21.8. The summed E-state index contributed by atoms with van der Waals surface area (Å²) in [6.45, 7) is 34.3. The first-order valence-electron chi connectivity index (χ1n) is 14.0. The predicted molar refractivity (Wildman–Crippen MR) is 144 cm³/mol. The molecule has 2 rings (SSSR count). The van der Waals surface area contributed by atoms with Crippen molar-refractivity contribution in [3.63, 3.8) is 0 Å². The first kappa shape index (κ1) is 29.1. The van der Waals surface area contributed by atoms with Crippen LogP contribution in [0.1, 0.15) is 108 Å². The van der Waals surface area contributed by atoms with Gasteiger partial charge in [-0.3, -0.25) is 14.7 Å². The van der Waals surface area contributed by atoms with Crippen LogP contribution >= 0.6 is 0 Å². The molecule has 4 heteroatoms. The Morgan fingerprint density at radius 3 is 1.82 bits per heavy atom. The van der Waals surface area contributed by atoms with Crippen LogP contribution in [0.15, 0.2) is 0 Å². The number of ether oxygens (including phenoxy) is 1. The lowest BCUT2D eigenvalue weighted by Gasteiger charge is -2.54. The Balaban J connectivity index is 1.87. The molecule has 0 spiro atoms. The van der Waals surface area contributed by atoms with Crippen LogP contribution in [0.25, 0.3) is 0 Å². The zero-order valence-corrected chi connectivity index (χ0v) is 24.4. The molecule has 0 aromatic carbocycles. The van der Waals surface area contributed by atoms with Gasteiger partial charge in [0, 0.05) is 49.9 Å². The summed E-state index contributed by atoms with van der Waals surface area (Å²) in [5, 5.41) is 0. The van der Waals surface area contributed by atoms with Crippen LogP contribution in [-0.2, 0) is 4.74 Å². The van der Waals surface area contributed by atoms with E-state index in [4.69, 9.17) is 4.74 Å². The van der Waals surface area contributed by atoms with Gasteiger partial charge in [-0.1, -0.05) is 27.2 Å². The Labute approximate surface area is 207 Å². The second kappa shape index (κ2) is 11.3. The quantitative estimate of drug-likeness (QED) is 0.357. The molecule has 2 heterocycles. The summed E-state index contributed by atoms with van der Waals surface area (Å²) in [6.07, 6.45) is 6.24. The zero-order chi connectivity index (χ0) is 25.1. The van der Waals surface area contributed by atoms with E-state index >= 15 is 0 Å². The molecule has 2 saturated heterocycles. The van der Waals surface area contributed by atoms with Crippen molar-refractivity contribution >= 4 is 0 Å². The number of hydrogen-bond acceptors (Lipinski definition) is 4. The fourth-order valence-corrected chi connectivity index (χ4v) is 6.24. The summed E-state index contributed by atoms with van der Waals surface area (Å²) in [5.74, 6) is 0.936. The molecular weight excluding hydrogens is 406 g/mol. The average Bonchev–Trinajstić information content (AvgIpc) is 2.72. The highest BCUT2D eigenvalue weighted by molar-refractivity contribution is 5.00. The molecule has 33 heavy (non-hydrogen) atoms. The van der Waals surface area contributed by atoms with Gasteiger partial charge in [-0.2, -0.15) is 0 Å². The molecule has 0 aliphatic carbocycles.